The molecule has 0 spiro atoms. The standard InChI is InChI=1S/C19H26N4O2/c1-13(2)16(14-6-5-9-21-11-14)12-22-19(20)23-15-7-8-17(24-3)18(10-15)25-4/h5-11,13,16H,12H2,1-4H3,(H3,20,22,23). The average Bonchev–Trinajstić information content (AvgIpc) is 2.62. The predicted molar refractivity (Wildman–Crippen MR) is 101 cm³/mol. The lowest BCUT2D eigenvalue weighted by atomic mass is 9.89. The number of guanidine groups is 1. The molecular formula is C19H26N4O2. The van der Waals surface area contributed by atoms with Crippen LogP contribution in [-0.2, 0) is 0 Å². The zero-order valence-electron chi connectivity index (χ0n) is 15.2. The Kier molecular flexibility index (Phi) is 6.62. The van der Waals surface area contributed by atoms with Gasteiger partial charge in [-0.2, -0.15) is 0 Å². The number of ether oxygens (including phenoxy) is 2. The minimum Gasteiger partial charge on any atom is -0.493 e. The normalized spacial score (nSPS) is 12.8. The Morgan fingerprint density at radius 3 is 2.56 bits per heavy atom. The third-order valence-electron chi connectivity index (χ3n) is 4.03. The smallest absolute Gasteiger partial charge is 0.193 e. The summed E-state index contributed by atoms with van der Waals surface area (Å²) in [6.07, 6.45) is 3.66. The lowest BCUT2D eigenvalue weighted by Crippen LogP contribution is -2.24. The van der Waals surface area contributed by atoms with E-state index in [0.717, 1.165) is 5.69 Å². The van der Waals surface area contributed by atoms with Gasteiger partial charge in [-0.15, -0.1) is 0 Å². The van der Waals surface area contributed by atoms with Crippen LogP contribution in [0.3, 0.4) is 0 Å². The molecule has 0 saturated carbocycles. The van der Waals surface area contributed by atoms with Gasteiger partial charge >= 0.3 is 0 Å². The van der Waals surface area contributed by atoms with Crippen LogP contribution < -0.4 is 20.5 Å². The first-order chi connectivity index (χ1) is 12.0. The van der Waals surface area contributed by atoms with E-state index >= 15 is 0 Å². The quantitative estimate of drug-likeness (QED) is 0.596. The van der Waals surface area contributed by atoms with Crippen LogP contribution >= 0.6 is 0 Å². The van der Waals surface area contributed by atoms with Gasteiger partial charge in [0.05, 0.1) is 14.2 Å². The van der Waals surface area contributed by atoms with Crippen LogP contribution in [0.25, 0.3) is 0 Å². The Morgan fingerprint density at radius 1 is 1.20 bits per heavy atom. The van der Waals surface area contributed by atoms with Crippen LogP contribution in [0.15, 0.2) is 47.7 Å². The Morgan fingerprint density at radius 2 is 1.96 bits per heavy atom. The molecule has 6 nitrogen and oxygen atoms in total. The van der Waals surface area contributed by atoms with Gasteiger partial charge in [-0.25, -0.2) is 0 Å². The van der Waals surface area contributed by atoms with Crippen molar-refractivity contribution in [2.75, 3.05) is 26.1 Å². The van der Waals surface area contributed by atoms with Crippen LogP contribution in [0.4, 0.5) is 5.69 Å². The molecule has 1 atom stereocenters. The Hall–Kier alpha value is -2.76. The number of anilines is 1. The number of rotatable bonds is 7. The van der Waals surface area contributed by atoms with E-state index in [9.17, 15) is 0 Å². The zero-order valence-corrected chi connectivity index (χ0v) is 15.2. The average molecular weight is 342 g/mol. The fourth-order valence-corrected chi connectivity index (χ4v) is 2.59. The first-order valence-corrected chi connectivity index (χ1v) is 8.24. The number of hydrogen-bond donors (Lipinski definition) is 2. The molecule has 1 unspecified atom stereocenters. The van der Waals surface area contributed by atoms with Gasteiger partial charge < -0.3 is 20.5 Å². The fourth-order valence-electron chi connectivity index (χ4n) is 2.59. The van der Waals surface area contributed by atoms with Crippen LogP contribution in [0, 0.1) is 5.92 Å². The Bertz CT molecular complexity index is 702. The van der Waals surface area contributed by atoms with Crippen molar-refractivity contribution in [3.63, 3.8) is 0 Å². The molecule has 0 amide bonds. The maximum absolute atomic E-state index is 6.05. The highest BCUT2D eigenvalue weighted by Crippen LogP contribution is 2.29. The van der Waals surface area contributed by atoms with Crippen molar-refractivity contribution < 1.29 is 9.47 Å². The molecule has 0 fully saturated rings. The highest BCUT2D eigenvalue weighted by atomic mass is 16.5. The highest BCUT2D eigenvalue weighted by Gasteiger charge is 2.15. The minimum absolute atomic E-state index is 0.263. The molecule has 0 aliphatic rings. The van der Waals surface area contributed by atoms with Gasteiger partial charge in [0, 0.05) is 36.6 Å². The molecule has 6 heteroatoms. The van der Waals surface area contributed by atoms with Gasteiger partial charge in [0.2, 0.25) is 0 Å². The van der Waals surface area contributed by atoms with Gasteiger partial charge in [-0.3, -0.25) is 9.98 Å². The van der Waals surface area contributed by atoms with E-state index in [2.05, 4.69) is 35.2 Å². The summed E-state index contributed by atoms with van der Waals surface area (Å²) in [5.41, 5.74) is 8.01. The summed E-state index contributed by atoms with van der Waals surface area (Å²) in [6.45, 7) is 4.94. The number of nitrogens with two attached hydrogens (primary N) is 1. The molecule has 1 aromatic carbocycles. The summed E-state index contributed by atoms with van der Waals surface area (Å²) in [5, 5.41) is 3.09. The number of nitrogens with one attached hydrogen (secondary N) is 1. The van der Waals surface area contributed by atoms with Crippen molar-refractivity contribution >= 4 is 11.6 Å². The van der Waals surface area contributed by atoms with E-state index in [1.54, 1.807) is 20.4 Å². The van der Waals surface area contributed by atoms with Gasteiger partial charge in [-0.05, 0) is 29.7 Å². The van der Waals surface area contributed by atoms with Crippen molar-refractivity contribution in [2.24, 2.45) is 16.6 Å². The van der Waals surface area contributed by atoms with Crippen LogP contribution in [-0.4, -0.2) is 31.7 Å². The molecule has 0 radical (unpaired) electrons. The predicted octanol–water partition coefficient (Wildman–Crippen LogP) is 3.27. The third-order valence-corrected chi connectivity index (χ3v) is 4.03. The second kappa shape index (κ2) is 8.92. The van der Waals surface area contributed by atoms with Crippen molar-refractivity contribution in [1.82, 2.24) is 4.98 Å². The molecule has 134 valence electrons. The van der Waals surface area contributed by atoms with E-state index in [1.165, 1.54) is 5.56 Å². The highest BCUT2D eigenvalue weighted by molar-refractivity contribution is 5.92. The van der Waals surface area contributed by atoms with Crippen LogP contribution in [0.1, 0.15) is 25.3 Å². The lowest BCUT2D eigenvalue weighted by molar-refractivity contribution is 0.355. The first-order valence-electron chi connectivity index (χ1n) is 8.24. The zero-order chi connectivity index (χ0) is 18.2. The lowest BCUT2D eigenvalue weighted by Gasteiger charge is -2.19. The molecule has 0 aliphatic carbocycles. The maximum atomic E-state index is 6.05. The third kappa shape index (κ3) is 5.11. The van der Waals surface area contributed by atoms with Gasteiger partial charge in [0.15, 0.2) is 17.5 Å². The monoisotopic (exact) mass is 342 g/mol. The van der Waals surface area contributed by atoms with Crippen LogP contribution in [0.5, 0.6) is 11.5 Å². The minimum atomic E-state index is 0.263. The maximum Gasteiger partial charge on any atom is 0.193 e. The number of benzene rings is 1. The summed E-state index contributed by atoms with van der Waals surface area (Å²) >= 11 is 0. The second-order valence-electron chi connectivity index (χ2n) is 6.06. The number of aliphatic imine (C=N–C) groups is 1. The summed E-state index contributed by atoms with van der Waals surface area (Å²) in [5.74, 6) is 2.36. The van der Waals surface area contributed by atoms with Crippen molar-refractivity contribution in [3.05, 3.63) is 48.3 Å². The van der Waals surface area contributed by atoms with E-state index in [4.69, 9.17) is 15.2 Å². The number of pyridine rings is 1. The fraction of sp³-hybridized carbons (Fsp3) is 0.368. The molecule has 0 aliphatic heterocycles. The first kappa shape index (κ1) is 18.6. The number of methoxy groups -OCH3 is 2. The number of hydrogen-bond acceptors (Lipinski definition) is 4. The Labute approximate surface area is 149 Å². The topological polar surface area (TPSA) is 81.8 Å². The molecule has 1 heterocycles. The summed E-state index contributed by atoms with van der Waals surface area (Å²) < 4.78 is 10.5. The van der Waals surface area contributed by atoms with Gasteiger partial charge in [0.1, 0.15) is 0 Å². The number of aromatic nitrogens is 1. The summed E-state index contributed by atoms with van der Waals surface area (Å²) in [4.78, 5) is 8.70. The summed E-state index contributed by atoms with van der Waals surface area (Å²) in [7, 11) is 3.20. The molecular weight excluding hydrogens is 316 g/mol. The molecule has 0 saturated heterocycles. The largest absolute Gasteiger partial charge is 0.493 e. The van der Waals surface area contributed by atoms with E-state index in [0.29, 0.717) is 29.9 Å². The van der Waals surface area contributed by atoms with Gasteiger partial charge in [-0.1, -0.05) is 19.9 Å². The summed E-state index contributed by atoms with van der Waals surface area (Å²) in [6, 6.07) is 9.53. The molecule has 25 heavy (non-hydrogen) atoms. The van der Waals surface area contributed by atoms with E-state index in [1.807, 2.05) is 30.5 Å². The second-order valence-corrected chi connectivity index (χ2v) is 6.06. The van der Waals surface area contributed by atoms with E-state index in [-0.39, 0.29) is 5.92 Å². The number of nitrogens with zero attached hydrogens (tertiary/aromatic N) is 2. The van der Waals surface area contributed by atoms with Crippen molar-refractivity contribution in [1.29, 1.82) is 0 Å². The van der Waals surface area contributed by atoms with Gasteiger partial charge in [0.25, 0.3) is 0 Å². The van der Waals surface area contributed by atoms with Crippen molar-refractivity contribution in [2.45, 2.75) is 19.8 Å². The molecule has 1 aromatic heterocycles. The molecule has 0 bridgehead atoms. The van der Waals surface area contributed by atoms with Crippen molar-refractivity contribution in [3.8, 4) is 11.5 Å². The SMILES string of the molecule is COc1ccc(NC(N)=NCC(c2cccnc2)C(C)C)cc1OC. The molecule has 2 aromatic rings. The Balaban J connectivity index is 2.08. The van der Waals surface area contributed by atoms with E-state index < -0.39 is 0 Å². The molecule has 2 rings (SSSR count). The van der Waals surface area contributed by atoms with Crippen LogP contribution in [0.2, 0.25) is 0 Å². The molecule has 3 N–H and O–H groups in total.